The lowest BCUT2D eigenvalue weighted by atomic mass is 10.1. The van der Waals surface area contributed by atoms with Gasteiger partial charge in [-0.1, -0.05) is 0 Å². The molecule has 1 heterocycles. The molecule has 20 heavy (non-hydrogen) atoms. The molecular weight excluding hydrogens is 319 g/mol. The quantitative estimate of drug-likeness (QED) is 0.889. The standard InChI is InChI=1S/C16H24BrFN2/c1-11-7-14(18)13(17)8-15(11)20-6-5-12(10-20)9-19-16(2,3)4/h7-8,12,19H,5-6,9-10H2,1-4H3. The lowest BCUT2D eigenvalue weighted by Crippen LogP contribution is -2.39. The largest absolute Gasteiger partial charge is 0.371 e. The van der Waals surface area contributed by atoms with Gasteiger partial charge in [0.05, 0.1) is 4.47 Å². The van der Waals surface area contributed by atoms with E-state index in [1.54, 1.807) is 6.07 Å². The van der Waals surface area contributed by atoms with Crippen LogP contribution >= 0.6 is 15.9 Å². The van der Waals surface area contributed by atoms with E-state index >= 15 is 0 Å². The Kier molecular flexibility index (Phi) is 4.75. The summed E-state index contributed by atoms with van der Waals surface area (Å²) in [6, 6.07) is 3.52. The van der Waals surface area contributed by atoms with E-state index in [0.717, 1.165) is 30.9 Å². The van der Waals surface area contributed by atoms with Crippen LogP contribution in [0.2, 0.25) is 0 Å². The van der Waals surface area contributed by atoms with Crippen LogP contribution in [-0.4, -0.2) is 25.2 Å². The van der Waals surface area contributed by atoms with E-state index in [0.29, 0.717) is 10.4 Å². The van der Waals surface area contributed by atoms with Crippen molar-refractivity contribution in [1.29, 1.82) is 0 Å². The fourth-order valence-corrected chi connectivity index (χ4v) is 2.98. The summed E-state index contributed by atoms with van der Waals surface area (Å²) in [6.07, 6.45) is 1.19. The number of benzene rings is 1. The smallest absolute Gasteiger partial charge is 0.137 e. The van der Waals surface area contributed by atoms with Crippen molar-refractivity contribution in [1.82, 2.24) is 5.32 Å². The molecule has 1 aliphatic rings. The Bertz CT molecular complexity index is 482. The zero-order chi connectivity index (χ0) is 14.9. The molecule has 1 aromatic carbocycles. The number of hydrogen-bond donors (Lipinski definition) is 1. The first-order valence-corrected chi connectivity index (χ1v) is 8.01. The minimum atomic E-state index is -0.184. The van der Waals surface area contributed by atoms with Crippen LogP contribution in [0.1, 0.15) is 32.8 Å². The van der Waals surface area contributed by atoms with Crippen LogP contribution in [0.25, 0.3) is 0 Å². The highest BCUT2D eigenvalue weighted by Gasteiger charge is 2.25. The maximum atomic E-state index is 13.5. The van der Waals surface area contributed by atoms with Crippen molar-refractivity contribution in [2.75, 3.05) is 24.5 Å². The fourth-order valence-electron chi connectivity index (χ4n) is 2.65. The summed E-state index contributed by atoms with van der Waals surface area (Å²) in [5.74, 6) is 0.480. The van der Waals surface area contributed by atoms with Crippen LogP contribution in [0.15, 0.2) is 16.6 Å². The summed E-state index contributed by atoms with van der Waals surface area (Å²) in [6.45, 7) is 11.7. The first kappa shape index (κ1) is 15.8. The van der Waals surface area contributed by atoms with Crippen molar-refractivity contribution in [3.63, 3.8) is 0 Å². The van der Waals surface area contributed by atoms with Crippen LogP contribution in [-0.2, 0) is 0 Å². The molecule has 1 fully saturated rings. The maximum Gasteiger partial charge on any atom is 0.137 e. The van der Waals surface area contributed by atoms with E-state index in [9.17, 15) is 4.39 Å². The van der Waals surface area contributed by atoms with Crippen molar-refractivity contribution >= 4 is 21.6 Å². The molecule has 2 nitrogen and oxygen atoms in total. The molecule has 0 spiro atoms. The molecule has 112 valence electrons. The number of halogens is 2. The Balaban J connectivity index is 2.01. The lowest BCUT2D eigenvalue weighted by Gasteiger charge is -2.24. The Labute approximate surface area is 129 Å². The van der Waals surface area contributed by atoms with Gasteiger partial charge in [-0.2, -0.15) is 0 Å². The van der Waals surface area contributed by atoms with Gasteiger partial charge in [-0.25, -0.2) is 4.39 Å². The molecule has 1 unspecified atom stereocenters. The Hall–Kier alpha value is -0.610. The predicted octanol–water partition coefficient (Wildman–Crippen LogP) is 4.11. The minimum Gasteiger partial charge on any atom is -0.371 e. The average Bonchev–Trinajstić information content (AvgIpc) is 2.79. The second-order valence-electron chi connectivity index (χ2n) is 6.78. The van der Waals surface area contributed by atoms with Gasteiger partial charge in [0, 0.05) is 30.9 Å². The summed E-state index contributed by atoms with van der Waals surface area (Å²) < 4.78 is 14.1. The second kappa shape index (κ2) is 6.02. The topological polar surface area (TPSA) is 15.3 Å². The molecule has 0 saturated carbocycles. The van der Waals surface area contributed by atoms with Gasteiger partial charge in [0.25, 0.3) is 0 Å². The highest BCUT2D eigenvalue weighted by molar-refractivity contribution is 9.10. The Morgan fingerprint density at radius 3 is 2.75 bits per heavy atom. The van der Waals surface area contributed by atoms with Gasteiger partial charge in [-0.15, -0.1) is 0 Å². The van der Waals surface area contributed by atoms with E-state index in [4.69, 9.17) is 0 Å². The van der Waals surface area contributed by atoms with Crippen LogP contribution in [0.3, 0.4) is 0 Å². The van der Waals surface area contributed by atoms with Crippen molar-refractivity contribution in [3.8, 4) is 0 Å². The minimum absolute atomic E-state index is 0.169. The molecule has 0 bridgehead atoms. The van der Waals surface area contributed by atoms with E-state index in [1.165, 1.54) is 6.42 Å². The van der Waals surface area contributed by atoms with E-state index < -0.39 is 0 Å². The SMILES string of the molecule is Cc1cc(F)c(Br)cc1N1CCC(CNC(C)(C)C)C1. The summed E-state index contributed by atoms with van der Waals surface area (Å²) in [4.78, 5) is 2.37. The Morgan fingerprint density at radius 2 is 2.10 bits per heavy atom. The maximum absolute atomic E-state index is 13.5. The van der Waals surface area contributed by atoms with Crippen molar-refractivity contribution in [2.45, 2.75) is 39.7 Å². The third-order valence-electron chi connectivity index (χ3n) is 3.79. The van der Waals surface area contributed by atoms with Gasteiger partial charge >= 0.3 is 0 Å². The summed E-state index contributed by atoms with van der Waals surface area (Å²) >= 11 is 3.29. The van der Waals surface area contributed by atoms with Crippen molar-refractivity contribution < 1.29 is 4.39 Å². The lowest BCUT2D eigenvalue weighted by molar-refractivity contribution is 0.383. The Morgan fingerprint density at radius 1 is 1.40 bits per heavy atom. The first-order valence-electron chi connectivity index (χ1n) is 7.22. The molecule has 1 aliphatic heterocycles. The summed E-state index contributed by atoms with van der Waals surface area (Å²) in [5.41, 5.74) is 2.33. The summed E-state index contributed by atoms with van der Waals surface area (Å²) in [5, 5.41) is 3.58. The molecule has 0 aliphatic carbocycles. The molecule has 1 atom stereocenters. The molecule has 1 N–H and O–H groups in total. The zero-order valence-corrected chi connectivity index (χ0v) is 14.3. The molecule has 0 aromatic heterocycles. The van der Waals surface area contributed by atoms with E-state index in [-0.39, 0.29) is 11.4 Å². The van der Waals surface area contributed by atoms with Crippen LogP contribution < -0.4 is 10.2 Å². The van der Waals surface area contributed by atoms with E-state index in [1.807, 2.05) is 13.0 Å². The van der Waals surface area contributed by atoms with Gasteiger partial charge in [0.1, 0.15) is 5.82 Å². The third-order valence-corrected chi connectivity index (χ3v) is 4.39. The van der Waals surface area contributed by atoms with Gasteiger partial charge in [0.15, 0.2) is 0 Å². The molecule has 0 radical (unpaired) electrons. The van der Waals surface area contributed by atoms with Gasteiger partial charge in [-0.05, 0) is 73.7 Å². The van der Waals surface area contributed by atoms with Crippen molar-refractivity contribution in [3.05, 3.63) is 28.0 Å². The van der Waals surface area contributed by atoms with Gasteiger partial charge in [-0.3, -0.25) is 0 Å². The van der Waals surface area contributed by atoms with Crippen LogP contribution in [0.5, 0.6) is 0 Å². The number of hydrogen-bond acceptors (Lipinski definition) is 2. The first-order chi connectivity index (χ1) is 9.26. The number of aryl methyl sites for hydroxylation is 1. The zero-order valence-electron chi connectivity index (χ0n) is 12.8. The molecule has 0 amide bonds. The number of nitrogens with zero attached hydrogens (tertiary/aromatic N) is 1. The monoisotopic (exact) mass is 342 g/mol. The average molecular weight is 343 g/mol. The number of anilines is 1. The van der Waals surface area contributed by atoms with Crippen LogP contribution in [0.4, 0.5) is 10.1 Å². The third kappa shape index (κ3) is 3.95. The molecule has 1 aromatic rings. The second-order valence-corrected chi connectivity index (χ2v) is 7.64. The fraction of sp³-hybridized carbons (Fsp3) is 0.625. The normalized spacial score (nSPS) is 19.7. The van der Waals surface area contributed by atoms with Gasteiger partial charge < -0.3 is 10.2 Å². The van der Waals surface area contributed by atoms with Crippen molar-refractivity contribution in [2.24, 2.45) is 5.92 Å². The highest BCUT2D eigenvalue weighted by Crippen LogP contribution is 2.31. The predicted molar refractivity (Wildman–Crippen MR) is 86.9 cm³/mol. The molecule has 4 heteroatoms. The summed E-state index contributed by atoms with van der Waals surface area (Å²) in [7, 11) is 0. The van der Waals surface area contributed by atoms with E-state index in [2.05, 4.69) is 46.9 Å². The number of nitrogens with one attached hydrogen (secondary N) is 1. The molecule has 2 rings (SSSR count). The molecule has 1 saturated heterocycles. The molecular formula is C16H24BrFN2. The number of rotatable bonds is 3. The highest BCUT2D eigenvalue weighted by atomic mass is 79.9. The van der Waals surface area contributed by atoms with Gasteiger partial charge in [0.2, 0.25) is 0 Å². The van der Waals surface area contributed by atoms with Crippen LogP contribution in [0, 0.1) is 18.7 Å².